The fraction of sp³-hybridized carbons (Fsp3) is 0. The van der Waals surface area contributed by atoms with Gasteiger partial charge in [-0.3, -0.25) is 4.72 Å². The summed E-state index contributed by atoms with van der Waals surface area (Å²) in [5.41, 5.74) is 1.81. The first-order chi connectivity index (χ1) is 14.4. The quantitative estimate of drug-likeness (QED) is 0.369. The third-order valence-electron chi connectivity index (χ3n) is 4.43. The van der Waals surface area contributed by atoms with Gasteiger partial charge in [-0.05, 0) is 41.8 Å². The van der Waals surface area contributed by atoms with Crippen LogP contribution in [0.3, 0.4) is 0 Å². The van der Waals surface area contributed by atoms with Crippen molar-refractivity contribution >= 4 is 49.7 Å². The van der Waals surface area contributed by atoms with Gasteiger partial charge in [0.15, 0.2) is 0 Å². The van der Waals surface area contributed by atoms with Crippen LogP contribution in [0, 0.1) is 11.8 Å². The van der Waals surface area contributed by atoms with Crippen molar-refractivity contribution in [2.24, 2.45) is 0 Å². The lowest BCUT2D eigenvalue weighted by Crippen LogP contribution is -2.14. The molecular weight excluding hydrogens is 437 g/mol. The predicted octanol–water partition coefficient (Wildman–Crippen LogP) is 6.35. The molecule has 0 heterocycles. The Hall–Kier alpha value is -2.97. The van der Waals surface area contributed by atoms with Gasteiger partial charge in [-0.15, -0.1) is 0 Å². The van der Waals surface area contributed by atoms with E-state index in [0.717, 1.165) is 16.3 Å². The molecule has 4 aromatic carbocycles. The molecule has 3 nitrogen and oxygen atoms in total. The average molecular weight is 452 g/mol. The molecule has 0 aliphatic heterocycles. The zero-order chi connectivity index (χ0) is 21.1. The van der Waals surface area contributed by atoms with Crippen molar-refractivity contribution in [2.45, 2.75) is 4.90 Å². The lowest BCUT2D eigenvalue weighted by molar-refractivity contribution is 0.601. The van der Waals surface area contributed by atoms with Crippen LogP contribution < -0.4 is 4.72 Å². The SMILES string of the molecule is O=S(=O)(Nc1c(C#Cc2ccccc2)ccc2ccccc12)c1cc(Cl)cc(Cl)c1. The van der Waals surface area contributed by atoms with Gasteiger partial charge in [0.25, 0.3) is 10.0 Å². The molecule has 4 aromatic rings. The first-order valence-electron chi connectivity index (χ1n) is 9.00. The van der Waals surface area contributed by atoms with E-state index in [2.05, 4.69) is 16.6 Å². The molecule has 0 aliphatic rings. The number of hydrogen-bond acceptors (Lipinski definition) is 2. The molecule has 0 atom stereocenters. The second kappa shape index (κ2) is 8.41. The van der Waals surface area contributed by atoms with Crippen molar-refractivity contribution < 1.29 is 8.42 Å². The van der Waals surface area contributed by atoms with E-state index in [1.807, 2.05) is 60.7 Å². The van der Waals surface area contributed by atoms with Gasteiger partial charge >= 0.3 is 0 Å². The molecule has 0 saturated carbocycles. The van der Waals surface area contributed by atoms with Crippen molar-refractivity contribution in [3.05, 3.63) is 106 Å². The molecular formula is C24H15Cl2NO2S. The van der Waals surface area contributed by atoms with Crippen LogP contribution in [0.15, 0.2) is 89.8 Å². The second-order valence-corrected chi connectivity index (χ2v) is 9.09. The fourth-order valence-electron chi connectivity index (χ4n) is 3.02. The summed E-state index contributed by atoms with van der Waals surface area (Å²) in [5.74, 6) is 6.17. The summed E-state index contributed by atoms with van der Waals surface area (Å²) in [4.78, 5) is -0.0186. The number of halogens is 2. The number of rotatable bonds is 3. The van der Waals surface area contributed by atoms with Gasteiger partial charge in [0.05, 0.1) is 10.6 Å². The molecule has 0 spiro atoms. The summed E-state index contributed by atoms with van der Waals surface area (Å²) >= 11 is 12.0. The highest BCUT2D eigenvalue weighted by molar-refractivity contribution is 7.92. The van der Waals surface area contributed by atoms with Crippen LogP contribution in [0.25, 0.3) is 10.8 Å². The van der Waals surface area contributed by atoms with Crippen LogP contribution in [0.4, 0.5) is 5.69 Å². The van der Waals surface area contributed by atoms with E-state index in [-0.39, 0.29) is 14.9 Å². The molecule has 0 aliphatic carbocycles. The van der Waals surface area contributed by atoms with Crippen LogP contribution in [0.1, 0.15) is 11.1 Å². The van der Waals surface area contributed by atoms with E-state index >= 15 is 0 Å². The molecule has 148 valence electrons. The molecule has 0 fully saturated rings. The molecule has 4 rings (SSSR count). The van der Waals surface area contributed by atoms with E-state index in [9.17, 15) is 8.42 Å². The fourth-order valence-corrected chi connectivity index (χ4v) is 4.85. The number of anilines is 1. The van der Waals surface area contributed by atoms with Crippen LogP contribution in [0.5, 0.6) is 0 Å². The summed E-state index contributed by atoms with van der Waals surface area (Å²) in [5, 5.41) is 2.12. The predicted molar refractivity (Wildman–Crippen MR) is 124 cm³/mol. The molecule has 30 heavy (non-hydrogen) atoms. The van der Waals surface area contributed by atoms with E-state index in [0.29, 0.717) is 11.3 Å². The Labute approximate surface area is 185 Å². The number of hydrogen-bond donors (Lipinski definition) is 1. The van der Waals surface area contributed by atoms with Crippen molar-refractivity contribution in [1.82, 2.24) is 0 Å². The smallest absolute Gasteiger partial charge is 0.262 e. The maximum Gasteiger partial charge on any atom is 0.262 e. The summed E-state index contributed by atoms with van der Waals surface area (Å²) in [6.45, 7) is 0. The molecule has 0 saturated heterocycles. The summed E-state index contributed by atoms with van der Waals surface area (Å²) in [6.07, 6.45) is 0. The van der Waals surface area contributed by atoms with E-state index in [1.165, 1.54) is 18.2 Å². The molecule has 0 unspecified atom stereocenters. The Kier molecular flexibility index (Phi) is 5.69. The van der Waals surface area contributed by atoms with Gasteiger partial charge in [0.2, 0.25) is 0 Å². The lowest BCUT2D eigenvalue weighted by atomic mass is 10.0. The largest absolute Gasteiger partial charge is 0.278 e. The van der Waals surface area contributed by atoms with Gasteiger partial charge in [-0.1, -0.05) is 83.6 Å². The number of nitrogens with one attached hydrogen (secondary N) is 1. The maximum atomic E-state index is 13.1. The third kappa shape index (κ3) is 4.44. The van der Waals surface area contributed by atoms with Crippen LogP contribution in [-0.2, 0) is 10.0 Å². The van der Waals surface area contributed by atoms with Gasteiger partial charge in [0, 0.05) is 26.6 Å². The highest BCUT2D eigenvalue weighted by atomic mass is 35.5. The summed E-state index contributed by atoms with van der Waals surface area (Å²) in [7, 11) is -3.94. The Balaban J connectivity index is 1.85. The number of fused-ring (bicyclic) bond motifs is 1. The lowest BCUT2D eigenvalue weighted by Gasteiger charge is -2.13. The Morgan fingerprint density at radius 2 is 1.40 bits per heavy atom. The minimum Gasteiger partial charge on any atom is -0.278 e. The van der Waals surface area contributed by atoms with Gasteiger partial charge in [0.1, 0.15) is 0 Å². The molecule has 0 radical (unpaired) electrons. The Morgan fingerprint density at radius 3 is 2.13 bits per heavy atom. The van der Waals surface area contributed by atoms with Crippen LogP contribution >= 0.6 is 23.2 Å². The second-order valence-electron chi connectivity index (χ2n) is 6.54. The van der Waals surface area contributed by atoms with Crippen LogP contribution in [0.2, 0.25) is 10.0 Å². The molecule has 0 amide bonds. The molecule has 6 heteroatoms. The van der Waals surface area contributed by atoms with E-state index in [1.54, 1.807) is 6.07 Å². The van der Waals surface area contributed by atoms with Crippen molar-refractivity contribution in [2.75, 3.05) is 4.72 Å². The maximum absolute atomic E-state index is 13.1. The standard InChI is InChI=1S/C24H15Cl2NO2S/c25-20-14-21(26)16-22(15-20)30(28,29)27-24-19(11-10-17-6-2-1-3-7-17)13-12-18-8-4-5-9-23(18)24/h1-9,12-16,27H. The van der Waals surface area contributed by atoms with Gasteiger partial charge < -0.3 is 0 Å². The topological polar surface area (TPSA) is 46.2 Å². The zero-order valence-electron chi connectivity index (χ0n) is 15.6. The first-order valence-corrected chi connectivity index (χ1v) is 11.2. The van der Waals surface area contributed by atoms with Gasteiger partial charge in [-0.25, -0.2) is 8.42 Å². The van der Waals surface area contributed by atoms with Gasteiger partial charge in [-0.2, -0.15) is 0 Å². The van der Waals surface area contributed by atoms with Crippen molar-refractivity contribution in [3.8, 4) is 11.8 Å². The molecule has 0 bridgehead atoms. The summed E-state index contributed by atoms with van der Waals surface area (Å²) < 4.78 is 28.9. The molecule has 0 aromatic heterocycles. The monoisotopic (exact) mass is 451 g/mol. The number of benzene rings is 4. The average Bonchev–Trinajstić information content (AvgIpc) is 2.73. The minimum atomic E-state index is -3.94. The van der Waals surface area contributed by atoms with Crippen molar-refractivity contribution in [3.63, 3.8) is 0 Å². The van der Waals surface area contributed by atoms with Crippen molar-refractivity contribution in [1.29, 1.82) is 0 Å². The number of sulfonamides is 1. The molecule has 1 N–H and O–H groups in total. The zero-order valence-corrected chi connectivity index (χ0v) is 17.9. The van der Waals surface area contributed by atoms with E-state index < -0.39 is 10.0 Å². The van der Waals surface area contributed by atoms with E-state index in [4.69, 9.17) is 23.2 Å². The highest BCUT2D eigenvalue weighted by Crippen LogP contribution is 2.31. The Morgan fingerprint density at radius 1 is 0.733 bits per heavy atom. The minimum absolute atomic E-state index is 0.0186. The third-order valence-corrected chi connectivity index (χ3v) is 6.19. The highest BCUT2D eigenvalue weighted by Gasteiger charge is 2.19. The first kappa shape index (κ1) is 20.3. The summed E-state index contributed by atoms with van der Waals surface area (Å²) in [6, 6.07) is 24.9. The van der Waals surface area contributed by atoms with Crippen LogP contribution in [-0.4, -0.2) is 8.42 Å². The Bertz CT molecular complexity index is 1390. The normalized spacial score (nSPS) is 11.0.